The van der Waals surface area contributed by atoms with E-state index in [4.69, 9.17) is 23.2 Å². The van der Waals surface area contributed by atoms with Crippen LogP contribution in [0.3, 0.4) is 0 Å². The van der Waals surface area contributed by atoms with Gasteiger partial charge in [0.05, 0.1) is 11.6 Å². The molecule has 1 aromatic rings. The van der Waals surface area contributed by atoms with Gasteiger partial charge < -0.3 is 4.42 Å². The van der Waals surface area contributed by atoms with Crippen molar-refractivity contribution in [3.05, 3.63) is 17.3 Å². The number of alkyl halides is 1. The predicted molar refractivity (Wildman–Crippen MR) is 31.1 cm³/mol. The van der Waals surface area contributed by atoms with Crippen LogP contribution in [0, 0.1) is 0 Å². The lowest BCUT2D eigenvalue weighted by molar-refractivity contribution is 0.559. The van der Waals surface area contributed by atoms with Crippen molar-refractivity contribution in [2.45, 2.75) is 5.88 Å². The lowest BCUT2D eigenvalue weighted by Crippen LogP contribution is -1.71. The second kappa shape index (κ2) is 2.37. The molecule has 0 bridgehead atoms. The molecule has 1 heterocycles. The van der Waals surface area contributed by atoms with Gasteiger partial charge in [-0.05, 0) is 11.6 Å². The van der Waals surface area contributed by atoms with Crippen LogP contribution in [0.5, 0.6) is 0 Å². The summed E-state index contributed by atoms with van der Waals surface area (Å²) in [5.74, 6) is 0.343. The highest BCUT2D eigenvalue weighted by Gasteiger charge is 1.96. The van der Waals surface area contributed by atoms with E-state index in [1.165, 1.54) is 6.26 Å². The van der Waals surface area contributed by atoms with Gasteiger partial charge in [0, 0.05) is 0 Å². The summed E-state index contributed by atoms with van der Waals surface area (Å²) < 4.78 is 4.63. The lowest BCUT2D eigenvalue weighted by atomic mass is 10.6. The van der Waals surface area contributed by atoms with Crippen LogP contribution in [0.2, 0.25) is 5.35 Å². The van der Waals surface area contributed by atoms with Gasteiger partial charge in [0.2, 0.25) is 0 Å². The Hall–Kier alpha value is -0.210. The Morgan fingerprint density at radius 1 is 1.75 bits per heavy atom. The Labute approximate surface area is 56.4 Å². The Morgan fingerprint density at radius 2 is 2.50 bits per heavy atom. The van der Waals surface area contributed by atoms with Crippen LogP contribution < -0.4 is 0 Å². The third-order valence-electron chi connectivity index (χ3n) is 0.661. The highest BCUT2D eigenvalue weighted by Crippen LogP contribution is 2.08. The topological polar surface area (TPSA) is 26.0 Å². The zero-order chi connectivity index (χ0) is 5.98. The normalized spacial score (nSPS) is 9.75. The molecule has 0 aliphatic rings. The van der Waals surface area contributed by atoms with Crippen molar-refractivity contribution in [2.24, 2.45) is 0 Å². The molecule has 0 aromatic carbocycles. The van der Waals surface area contributed by atoms with E-state index >= 15 is 0 Å². The summed E-state index contributed by atoms with van der Waals surface area (Å²) in [6.07, 6.45) is 1.43. The number of hydrogen-bond donors (Lipinski definition) is 0. The largest absolute Gasteiger partial charge is 0.436 e. The van der Waals surface area contributed by atoms with E-state index in [0.717, 1.165) is 0 Å². The molecule has 0 spiro atoms. The fourth-order valence-corrected chi connectivity index (χ4v) is 0.619. The fourth-order valence-electron chi connectivity index (χ4n) is 0.344. The first kappa shape index (κ1) is 5.92. The van der Waals surface area contributed by atoms with Crippen LogP contribution in [-0.4, -0.2) is 4.98 Å². The van der Waals surface area contributed by atoms with Crippen molar-refractivity contribution >= 4 is 23.2 Å². The first-order chi connectivity index (χ1) is 3.83. The smallest absolute Gasteiger partial charge is 0.292 e. The summed E-state index contributed by atoms with van der Waals surface area (Å²) in [6, 6.07) is 0. The van der Waals surface area contributed by atoms with Crippen molar-refractivity contribution < 1.29 is 4.42 Å². The van der Waals surface area contributed by atoms with Crippen molar-refractivity contribution in [3.63, 3.8) is 0 Å². The fraction of sp³-hybridized carbons (Fsp3) is 0.250. The Bertz CT molecular complexity index is 174. The third kappa shape index (κ3) is 1.14. The van der Waals surface area contributed by atoms with Crippen LogP contribution in [-0.2, 0) is 5.88 Å². The third-order valence-corrected chi connectivity index (χ3v) is 1.11. The Balaban J connectivity index is 2.84. The van der Waals surface area contributed by atoms with Gasteiger partial charge >= 0.3 is 0 Å². The van der Waals surface area contributed by atoms with E-state index in [1.54, 1.807) is 0 Å². The molecule has 0 aliphatic heterocycles. The zero-order valence-corrected chi connectivity index (χ0v) is 5.41. The summed E-state index contributed by atoms with van der Waals surface area (Å²) >= 11 is 10.7. The molecule has 44 valence electrons. The number of aromatic nitrogens is 1. The number of rotatable bonds is 1. The molecule has 0 saturated carbocycles. The first-order valence-electron chi connectivity index (χ1n) is 1.99. The molecule has 8 heavy (non-hydrogen) atoms. The molecule has 2 nitrogen and oxygen atoms in total. The monoisotopic (exact) mass is 151 g/mol. The molecular formula is C4H3Cl2NO. The van der Waals surface area contributed by atoms with Gasteiger partial charge in [-0.3, -0.25) is 0 Å². The van der Waals surface area contributed by atoms with E-state index in [0.29, 0.717) is 11.6 Å². The van der Waals surface area contributed by atoms with Crippen LogP contribution in [0.4, 0.5) is 0 Å². The molecule has 1 rings (SSSR count). The van der Waals surface area contributed by atoms with Gasteiger partial charge in [-0.15, -0.1) is 11.6 Å². The molecule has 0 aliphatic carbocycles. The molecular weight excluding hydrogens is 149 g/mol. The first-order valence-corrected chi connectivity index (χ1v) is 2.90. The number of hydrogen-bond acceptors (Lipinski definition) is 2. The van der Waals surface area contributed by atoms with Crippen molar-refractivity contribution in [1.82, 2.24) is 4.98 Å². The maximum atomic E-state index is 5.36. The molecule has 0 saturated heterocycles. The summed E-state index contributed by atoms with van der Waals surface area (Å²) in [5, 5.41) is 0.139. The van der Waals surface area contributed by atoms with Crippen LogP contribution >= 0.6 is 23.2 Å². The van der Waals surface area contributed by atoms with Crippen molar-refractivity contribution in [2.75, 3.05) is 0 Å². The minimum absolute atomic E-state index is 0.139. The predicted octanol–water partition coefficient (Wildman–Crippen LogP) is 2.07. The number of nitrogens with zero attached hydrogens (tertiary/aromatic N) is 1. The maximum Gasteiger partial charge on any atom is 0.292 e. The molecule has 0 N–H and O–H groups in total. The second-order valence-corrected chi connectivity index (χ2v) is 1.82. The zero-order valence-electron chi connectivity index (χ0n) is 3.90. The van der Waals surface area contributed by atoms with E-state index in [9.17, 15) is 0 Å². The summed E-state index contributed by atoms with van der Waals surface area (Å²) in [7, 11) is 0. The van der Waals surface area contributed by atoms with Gasteiger partial charge in [0.15, 0.2) is 0 Å². The van der Waals surface area contributed by atoms with Gasteiger partial charge in [-0.2, -0.15) is 0 Å². The van der Waals surface area contributed by atoms with Crippen molar-refractivity contribution in [1.29, 1.82) is 0 Å². The summed E-state index contributed by atoms with van der Waals surface area (Å²) in [4.78, 5) is 3.70. The average molecular weight is 152 g/mol. The van der Waals surface area contributed by atoms with Crippen LogP contribution in [0.1, 0.15) is 5.69 Å². The summed E-state index contributed by atoms with van der Waals surface area (Å²) in [5.41, 5.74) is 0.664. The Kier molecular flexibility index (Phi) is 1.76. The van der Waals surface area contributed by atoms with Gasteiger partial charge in [-0.25, -0.2) is 4.98 Å². The van der Waals surface area contributed by atoms with Crippen molar-refractivity contribution in [3.8, 4) is 0 Å². The van der Waals surface area contributed by atoms with Crippen LogP contribution in [0.15, 0.2) is 10.7 Å². The second-order valence-electron chi connectivity index (χ2n) is 1.23. The SMILES string of the molecule is ClCc1coc(Cl)n1. The molecule has 0 amide bonds. The standard InChI is InChI=1S/C4H3Cl2NO/c5-1-3-2-8-4(6)7-3/h2H,1H2. The van der Waals surface area contributed by atoms with Gasteiger partial charge in [0.1, 0.15) is 6.26 Å². The maximum absolute atomic E-state index is 5.36. The minimum atomic E-state index is 0.139. The molecule has 1 aromatic heterocycles. The molecule has 0 fully saturated rings. The summed E-state index contributed by atoms with van der Waals surface area (Å²) in [6.45, 7) is 0. The number of oxazole rings is 1. The van der Waals surface area contributed by atoms with E-state index in [-0.39, 0.29) is 5.35 Å². The highest BCUT2D eigenvalue weighted by atomic mass is 35.5. The van der Waals surface area contributed by atoms with Crippen LogP contribution in [0.25, 0.3) is 0 Å². The molecule has 0 radical (unpaired) electrons. The Morgan fingerprint density at radius 3 is 2.75 bits per heavy atom. The van der Waals surface area contributed by atoms with Gasteiger partial charge in [0.25, 0.3) is 5.35 Å². The minimum Gasteiger partial charge on any atom is -0.436 e. The molecule has 0 atom stereocenters. The van der Waals surface area contributed by atoms with E-state index < -0.39 is 0 Å². The lowest BCUT2D eigenvalue weighted by Gasteiger charge is -1.73. The quantitative estimate of drug-likeness (QED) is 0.575. The van der Waals surface area contributed by atoms with E-state index in [1.807, 2.05) is 0 Å². The molecule has 4 heteroatoms. The van der Waals surface area contributed by atoms with Gasteiger partial charge in [-0.1, -0.05) is 0 Å². The number of halogens is 2. The molecule has 0 unspecified atom stereocenters. The highest BCUT2D eigenvalue weighted by molar-refractivity contribution is 6.27. The van der Waals surface area contributed by atoms with E-state index in [2.05, 4.69) is 9.40 Å². The average Bonchev–Trinajstić information content (AvgIpc) is 2.14.